The van der Waals surface area contributed by atoms with Gasteiger partial charge in [0.2, 0.25) is 5.82 Å². The number of benzene rings is 2. The topological polar surface area (TPSA) is 108 Å². The number of thiazole rings is 1. The summed E-state index contributed by atoms with van der Waals surface area (Å²) in [6, 6.07) is 14.1. The van der Waals surface area contributed by atoms with E-state index in [4.69, 9.17) is 19.2 Å². The van der Waals surface area contributed by atoms with Crippen molar-refractivity contribution in [1.29, 1.82) is 0 Å². The number of nitrogens with one attached hydrogen (secondary N) is 1. The summed E-state index contributed by atoms with van der Waals surface area (Å²) in [6.45, 7) is 7.06. The zero-order valence-electron chi connectivity index (χ0n) is 20.7. The number of nitrogens with zero attached hydrogens (tertiary/aromatic N) is 6. The Balaban J connectivity index is 0.00000267. The van der Waals surface area contributed by atoms with E-state index in [9.17, 15) is 0 Å². The predicted molar refractivity (Wildman–Crippen MR) is 140 cm³/mol. The van der Waals surface area contributed by atoms with Crippen LogP contribution in [-0.4, -0.2) is 72.1 Å². The van der Waals surface area contributed by atoms with Crippen molar-refractivity contribution in [1.82, 2.24) is 35.4 Å². The molecule has 0 aliphatic carbocycles. The minimum Gasteiger partial charge on any atom is -0.497 e. The summed E-state index contributed by atoms with van der Waals surface area (Å²) in [4.78, 5) is 4.79. The molecule has 0 unspecified atom stereocenters. The van der Waals surface area contributed by atoms with Crippen molar-refractivity contribution in [2.24, 2.45) is 0 Å². The number of hydrogen-bond acceptors (Lipinski definition) is 8. The number of ether oxygens (including phenoxy) is 1. The summed E-state index contributed by atoms with van der Waals surface area (Å²) in [7, 11) is 1.64. The van der Waals surface area contributed by atoms with Crippen LogP contribution < -0.4 is 4.74 Å². The number of fused-ring (bicyclic) bond motifs is 2. The van der Waals surface area contributed by atoms with Gasteiger partial charge in [0.05, 0.1) is 24.9 Å². The van der Waals surface area contributed by atoms with Gasteiger partial charge in [-0.3, -0.25) is 4.68 Å². The number of tetrazole rings is 1. The Morgan fingerprint density at radius 1 is 1.11 bits per heavy atom. The van der Waals surface area contributed by atoms with Gasteiger partial charge in [0, 0.05) is 51.1 Å². The van der Waals surface area contributed by atoms with Gasteiger partial charge in [0.15, 0.2) is 10.8 Å². The van der Waals surface area contributed by atoms with Gasteiger partial charge >= 0.3 is 0 Å². The molecule has 6 rings (SSSR count). The molecular formula is C25H23N7NaO2S. The van der Waals surface area contributed by atoms with Crippen LogP contribution in [0, 0.1) is 0 Å². The van der Waals surface area contributed by atoms with E-state index in [1.54, 1.807) is 18.4 Å². The largest absolute Gasteiger partial charge is 0.497 e. The van der Waals surface area contributed by atoms with Gasteiger partial charge in [-0.05, 0) is 47.2 Å². The van der Waals surface area contributed by atoms with Crippen LogP contribution in [0.1, 0.15) is 32.0 Å². The maximum Gasteiger partial charge on any atom is 0.225 e. The van der Waals surface area contributed by atoms with Crippen molar-refractivity contribution in [2.45, 2.75) is 32.7 Å². The van der Waals surface area contributed by atoms with Gasteiger partial charge in [-0.2, -0.15) is 10.3 Å². The third-order valence-corrected chi connectivity index (χ3v) is 6.77. The second kappa shape index (κ2) is 9.44. The first-order valence-electron chi connectivity index (χ1n) is 11.2. The Morgan fingerprint density at radius 2 is 1.97 bits per heavy atom. The molecule has 9 nitrogen and oxygen atoms in total. The van der Waals surface area contributed by atoms with Crippen molar-refractivity contribution in [3.63, 3.8) is 0 Å². The fourth-order valence-electron chi connectivity index (χ4n) is 4.03. The Morgan fingerprint density at radius 3 is 2.69 bits per heavy atom. The molecule has 11 heteroatoms. The Bertz CT molecular complexity index is 1660. The van der Waals surface area contributed by atoms with Gasteiger partial charge in [0.25, 0.3) is 0 Å². The van der Waals surface area contributed by atoms with Crippen LogP contribution in [0.3, 0.4) is 0 Å². The summed E-state index contributed by atoms with van der Waals surface area (Å²) >= 11 is 1.61. The summed E-state index contributed by atoms with van der Waals surface area (Å²) in [6.07, 6.45) is 0. The molecule has 0 atom stereocenters. The van der Waals surface area contributed by atoms with Crippen molar-refractivity contribution < 1.29 is 9.15 Å². The van der Waals surface area contributed by atoms with Crippen LogP contribution in [0.4, 0.5) is 0 Å². The summed E-state index contributed by atoms with van der Waals surface area (Å²) in [5.41, 5.74) is 4.61. The molecule has 6 aromatic rings. The Hall–Kier alpha value is -3.05. The number of furan rings is 1. The minimum atomic E-state index is 0. The molecule has 0 aliphatic heterocycles. The van der Waals surface area contributed by atoms with Crippen LogP contribution in [0.2, 0.25) is 0 Å². The predicted octanol–water partition coefficient (Wildman–Crippen LogP) is 5.06. The van der Waals surface area contributed by atoms with Crippen molar-refractivity contribution in [3.05, 3.63) is 59.1 Å². The van der Waals surface area contributed by atoms with E-state index in [0.29, 0.717) is 18.1 Å². The smallest absolute Gasteiger partial charge is 0.225 e. The van der Waals surface area contributed by atoms with E-state index in [1.165, 1.54) is 0 Å². The molecule has 0 fully saturated rings. The monoisotopic (exact) mass is 508 g/mol. The number of aromatic nitrogens is 7. The molecule has 0 bridgehead atoms. The number of H-pyrrole nitrogens is 1. The first-order chi connectivity index (χ1) is 16.9. The van der Waals surface area contributed by atoms with E-state index in [0.717, 1.165) is 49.6 Å². The van der Waals surface area contributed by atoms with Gasteiger partial charge in [0.1, 0.15) is 17.0 Å². The quantitative estimate of drug-likeness (QED) is 0.324. The standard InChI is InChI=1S/C25H23N7O2S.Na/c1-25(2,3)21-13-35-24(26-21)20-10-15-9-14(5-8-19(15)34-20)12-32-18-7-6-16(33-4)11-17(18)22(29-32)23-27-30-31-28-23;/h5-11,13H,12H2,1-4H3,(H,27,28,30,31);. The Labute approximate surface area is 233 Å². The van der Waals surface area contributed by atoms with E-state index < -0.39 is 0 Å². The van der Waals surface area contributed by atoms with Crippen LogP contribution in [0.25, 0.3) is 44.2 Å². The first-order valence-corrected chi connectivity index (χ1v) is 12.0. The number of aromatic amines is 1. The van der Waals surface area contributed by atoms with Gasteiger partial charge in [-0.25, -0.2) is 4.98 Å². The summed E-state index contributed by atoms with van der Waals surface area (Å²) < 4.78 is 13.5. The number of rotatable bonds is 5. The molecule has 36 heavy (non-hydrogen) atoms. The fourth-order valence-corrected chi connectivity index (χ4v) is 5.03. The average Bonchev–Trinajstić information content (AvgIpc) is 3.63. The van der Waals surface area contributed by atoms with Gasteiger partial charge < -0.3 is 9.15 Å². The minimum absolute atomic E-state index is 0. The van der Waals surface area contributed by atoms with Gasteiger partial charge in [-0.1, -0.05) is 26.8 Å². The molecule has 0 saturated carbocycles. The van der Waals surface area contributed by atoms with Crippen LogP contribution >= 0.6 is 11.3 Å². The first kappa shape index (κ1) is 24.6. The van der Waals surface area contributed by atoms with Crippen LogP contribution in [-0.2, 0) is 12.0 Å². The molecule has 177 valence electrons. The number of methoxy groups -OCH3 is 1. The molecular weight excluding hydrogens is 485 g/mol. The molecule has 0 saturated heterocycles. The van der Waals surface area contributed by atoms with E-state index in [2.05, 4.69) is 65.0 Å². The van der Waals surface area contributed by atoms with Crippen LogP contribution in [0.15, 0.2) is 52.3 Å². The zero-order chi connectivity index (χ0) is 24.2. The molecule has 0 amide bonds. The SMILES string of the molecule is COc1ccc2c(c1)c(-c1nn[nH]n1)nn2Cc1ccc2oc(-c3nc(C(C)(C)C)cs3)cc2c1.[Na]. The molecule has 4 aromatic heterocycles. The van der Waals surface area contributed by atoms with Crippen molar-refractivity contribution in [2.75, 3.05) is 7.11 Å². The second-order valence-corrected chi connectivity index (χ2v) is 10.3. The molecule has 1 radical (unpaired) electrons. The third kappa shape index (κ3) is 4.45. The summed E-state index contributed by atoms with van der Waals surface area (Å²) in [5.74, 6) is 1.97. The molecule has 4 heterocycles. The van der Waals surface area contributed by atoms with E-state index in [1.807, 2.05) is 28.9 Å². The van der Waals surface area contributed by atoms with E-state index >= 15 is 0 Å². The van der Waals surface area contributed by atoms with E-state index in [-0.39, 0.29) is 35.0 Å². The van der Waals surface area contributed by atoms with Crippen LogP contribution in [0.5, 0.6) is 5.75 Å². The zero-order valence-corrected chi connectivity index (χ0v) is 23.6. The molecule has 0 spiro atoms. The average molecular weight is 509 g/mol. The number of hydrogen-bond donors (Lipinski definition) is 1. The fraction of sp³-hybridized carbons (Fsp3) is 0.240. The maximum atomic E-state index is 6.12. The maximum absolute atomic E-state index is 6.12. The van der Waals surface area contributed by atoms with Crippen molar-refractivity contribution in [3.8, 4) is 28.0 Å². The second-order valence-electron chi connectivity index (χ2n) is 9.40. The van der Waals surface area contributed by atoms with Crippen molar-refractivity contribution >= 4 is 62.8 Å². The molecule has 2 aromatic carbocycles. The normalized spacial score (nSPS) is 11.8. The summed E-state index contributed by atoms with van der Waals surface area (Å²) in [5, 5.41) is 24.2. The Kier molecular flexibility index (Phi) is 6.46. The molecule has 1 N–H and O–H groups in total. The molecule has 0 aliphatic rings. The third-order valence-electron chi connectivity index (χ3n) is 5.91. The van der Waals surface area contributed by atoms with Gasteiger partial charge in [-0.15, -0.1) is 21.5 Å².